The normalized spacial score (nSPS) is 22.4. The van der Waals surface area contributed by atoms with Gasteiger partial charge in [-0.05, 0) is 29.3 Å². The van der Waals surface area contributed by atoms with Crippen LogP contribution in [0.25, 0.3) is 10.9 Å². The van der Waals surface area contributed by atoms with Crippen molar-refractivity contribution in [3.05, 3.63) is 59.3 Å². The summed E-state index contributed by atoms with van der Waals surface area (Å²) in [5.41, 5.74) is 6.76. The highest BCUT2D eigenvalue weighted by molar-refractivity contribution is 5.97. The molecule has 152 valence electrons. The number of benzene rings is 2. The van der Waals surface area contributed by atoms with Crippen molar-refractivity contribution in [1.29, 1.82) is 0 Å². The summed E-state index contributed by atoms with van der Waals surface area (Å²) in [5, 5.41) is 2.49. The van der Waals surface area contributed by atoms with Gasteiger partial charge in [-0.15, -0.1) is 0 Å². The van der Waals surface area contributed by atoms with Gasteiger partial charge in [-0.2, -0.15) is 0 Å². The minimum absolute atomic E-state index is 0.00243. The average Bonchev–Trinajstić information content (AvgIpc) is 3.38. The van der Waals surface area contributed by atoms with E-state index in [1.54, 1.807) is 11.9 Å². The molecule has 0 aliphatic carbocycles. The van der Waals surface area contributed by atoms with E-state index in [1.807, 2.05) is 36.4 Å². The molecule has 1 aromatic heterocycles. The van der Waals surface area contributed by atoms with Gasteiger partial charge in [-0.25, -0.2) is 5.43 Å². The van der Waals surface area contributed by atoms with Crippen molar-refractivity contribution in [3.8, 4) is 11.5 Å². The van der Waals surface area contributed by atoms with Crippen molar-refractivity contribution in [3.63, 3.8) is 0 Å². The van der Waals surface area contributed by atoms with E-state index in [1.165, 1.54) is 5.01 Å². The first-order chi connectivity index (χ1) is 14.7. The number of hydrazine groups is 1. The van der Waals surface area contributed by atoms with Crippen LogP contribution in [-0.2, 0) is 16.0 Å². The number of H-pyrrole nitrogens is 1. The van der Waals surface area contributed by atoms with Crippen molar-refractivity contribution in [2.45, 2.75) is 18.5 Å². The van der Waals surface area contributed by atoms with E-state index >= 15 is 0 Å². The van der Waals surface area contributed by atoms with Crippen LogP contribution in [0.3, 0.4) is 0 Å². The summed E-state index contributed by atoms with van der Waals surface area (Å²) in [4.78, 5) is 31.6. The number of nitrogens with one attached hydrogen (secondary N) is 2. The monoisotopic (exact) mass is 404 g/mol. The molecule has 6 rings (SSSR count). The highest BCUT2D eigenvalue weighted by Gasteiger charge is 2.48. The second-order valence-electron chi connectivity index (χ2n) is 7.75. The Hall–Kier alpha value is -3.52. The average molecular weight is 404 g/mol. The lowest BCUT2D eigenvalue weighted by Gasteiger charge is -2.46. The maximum atomic E-state index is 13.2. The number of amides is 2. The number of piperazine rings is 1. The van der Waals surface area contributed by atoms with Gasteiger partial charge in [0.1, 0.15) is 12.6 Å². The van der Waals surface area contributed by atoms with E-state index < -0.39 is 12.1 Å². The Morgan fingerprint density at radius 1 is 1.10 bits per heavy atom. The van der Waals surface area contributed by atoms with Gasteiger partial charge >= 0.3 is 0 Å². The number of ether oxygens (including phenoxy) is 2. The van der Waals surface area contributed by atoms with Crippen LogP contribution in [-0.4, -0.2) is 53.1 Å². The van der Waals surface area contributed by atoms with Gasteiger partial charge in [-0.3, -0.25) is 14.6 Å². The number of para-hydroxylation sites is 1. The third-order valence-corrected chi connectivity index (χ3v) is 6.25. The number of hydrogen-bond donors (Lipinski definition) is 2. The smallest absolute Gasteiger partial charge is 0.260 e. The Labute approximate surface area is 172 Å². The van der Waals surface area contributed by atoms with Crippen LogP contribution < -0.4 is 14.9 Å². The third kappa shape index (κ3) is 2.31. The molecule has 3 aromatic rings. The van der Waals surface area contributed by atoms with Gasteiger partial charge in [0.05, 0.1) is 6.04 Å². The number of carbonyl (C=O) groups is 2. The van der Waals surface area contributed by atoms with Crippen LogP contribution >= 0.6 is 0 Å². The molecule has 1 saturated heterocycles. The van der Waals surface area contributed by atoms with E-state index in [9.17, 15) is 9.59 Å². The zero-order chi connectivity index (χ0) is 20.4. The van der Waals surface area contributed by atoms with E-state index in [0.717, 1.165) is 27.7 Å². The molecule has 30 heavy (non-hydrogen) atoms. The molecule has 0 radical (unpaired) electrons. The fourth-order valence-corrected chi connectivity index (χ4v) is 4.88. The number of fused-ring (bicyclic) bond motifs is 5. The van der Waals surface area contributed by atoms with Crippen LogP contribution in [0.5, 0.6) is 11.5 Å². The third-order valence-electron chi connectivity index (χ3n) is 6.25. The van der Waals surface area contributed by atoms with Crippen molar-refractivity contribution in [1.82, 2.24) is 20.3 Å². The van der Waals surface area contributed by atoms with Gasteiger partial charge < -0.3 is 19.4 Å². The van der Waals surface area contributed by atoms with Crippen molar-refractivity contribution in [2.75, 3.05) is 20.4 Å². The molecule has 8 nitrogen and oxygen atoms in total. The van der Waals surface area contributed by atoms with E-state index in [-0.39, 0.29) is 25.2 Å². The number of hydrogen-bond acceptors (Lipinski definition) is 5. The first kappa shape index (κ1) is 17.3. The van der Waals surface area contributed by atoms with Crippen LogP contribution in [0.1, 0.15) is 22.9 Å². The Morgan fingerprint density at radius 2 is 1.93 bits per heavy atom. The van der Waals surface area contributed by atoms with Crippen LogP contribution in [0.4, 0.5) is 0 Å². The topological polar surface area (TPSA) is 86.9 Å². The molecule has 8 heteroatoms. The summed E-state index contributed by atoms with van der Waals surface area (Å²) in [6.07, 6.45) is 0.475. The quantitative estimate of drug-likeness (QED) is 0.679. The molecule has 4 heterocycles. The fraction of sp³-hybridized carbons (Fsp3) is 0.273. The largest absolute Gasteiger partial charge is 0.454 e. The molecule has 2 atom stereocenters. The molecule has 0 spiro atoms. The summed E-state index contributed by atoms with van der Waals surface area (Å²) in [5.74, 6) is 1.14. The lowest BCUT2D eigenvalue weighted by atomic mass is 9.86. The molecule has 0 saturated carbocycles. The second kappa shape index (κ2) is 6.24. The van der Waals surface area contributed by atoms with Crippen LogP contribution in [0.15, 0.2) is 42.5 Å². The molecule has 3 aliphatic rings. The molecule has 0 bridgehead atoms. The Bertz CT molecular complexity index is 1200. The zero-order valence-corrected chi connectivity index (χ0v) is 16.3. The number of aromatic nitrogens is 1. The highest BCUT2D eigenvalue weighted by Crippen LogP contribution is 2.44. The van der Waals surface area contributed by atoms with E-state index in [4.69, 9.17) is 9.47 Å². The second-order valence-corrected chi connectivity index (χ2v) is 7.75. The fourth-order valence-electron chi connectivity index (χ4n) is 4.88. The van der Waals surface area contributed by atoms with Gasteiger partial charge in [-0.1, -0.05) is 24.3 Å². The maximum absolute atomic E-state index is 13.2. The van der Waals surface area contributed by atoms with Gasteiger partial charge in [0.15, 0.2) is 11.5 Å². The minimum atomic E-state index is -0.569. The predicted octanol–water partition coefficient (Wildman–Crippen LogP) is 1.72. The molecule has 2 N–H and O–H groups in total. The minimum Gasteiger partial charge on any atom is -0.454 e. The van der Waals surface area contributed by atoms with Crippen LogP contribution in [0.2, 0.25) is 0 Å². The predicted molar refractivity (Wildman–Crippen MR) is 108 cm³/mol. The van der Waals surface area contributed by atoms with Crippen LogP contribution in [0, 0.1) is 0 Å². The Kier molecular flexibility index (Phi) is 3.61. The highest BCUT2D eigenvalue weighted by atomic mass is 16.7. The summed E-state index contributed by atoms with van der Waals surface area (Å²) in [7, 11) is 1.66. The Balaban J connectivity index is 1.57. The molecule has 2 amide bonds. The number of rotatable bonds is 2. The van der Waals surface area contributed by atoms with Crippen molar-refractivity contribution < 1.29 is 19.1 Å². The van der Waals surface area contributed by atoms with Gasteiger partial charge in [0.2, 0.25) is 12.7 Å². The molecular weight excluding hydrogens is 384 g/mol. The zero-order valence-electron chi connectivity index (χ0n) is 16.3. The van der Waals surface area contributed by atoms with E-state index in [2.05, 4.69) is 16.5 Å². The SMILES string of the molecule is CNN1CC(=O)N2[C@H](c3ccc4c(c3)OCO4)c3[nH]c4ccccc4c3C[C@@H]2C1=O. The number of nitrogens with zero attached hydrogens (tertiary/aromatic N) is 2. The lowest BCUT2D eigenvalue weighted by molar-refractivity contribution is -0.161. The summed E-state index contributed by atoms with van der Waals surface area (Å²) < 4.78 is 11.0. The summed E-state index contributed by atoms with van der Waals surface area (Å²) in [6, 6.07) is 12.8. The number of aromatic amines is 1. The Morgan fingerprint density at radius 3 is 2.80 bits per heavy atom. The van der Waals surface area contributed by atoms with Gasteiger partial charge in [0.25, 0.3) is 5.91 Å². The molecule has 3 aliphatic heterocycles. The van der Waals surface area contributed by atoms with Crippen molar-refractivity contribution >= 4 is 22.7 Å². The van der Waals surface area contributed by atoms with Crippen molar-refractivity contribution in [2.24, 2.45) is 0 Å². The molecular formula is C22H20N4O4. The molecule has 0 unspecified atom stereocenters. The number of carbonyl (C=O) groups excluding carboxylic acids is 2. The standard InChI is InChI=1S/C22H20N4O4/c1-23-25-10-19(27)26-16(22(25)28)9-14-13-4-2-3-5-15(13)24-20(14)21(26)12-6-7-17-18(8-12)30-11-29-17/h2-8,16,21,23-24H,9-11H2,1H3/t16-,21-/m1/s1. The maximum Gasteiger partial charge on any atom is 0.260 e. The van der Waals surface area contributed by atoms with Gasteiger partial charge in [0, 0.05) is 30.1 Å². The molecule has 2 aromatic carbocycles. The summed E-state index contributed by atoms with van der Waals surface area (Å²) >= 11 is 0. The first-order valence-corrected chi connectivity index (χ1v) is 9.94. The lowest BCUT2D eigenvalue weighted by Crippen LogP contribution is -2.65. The van der Waals surface area contributed by atoms with E-state index in [0.29, 0.717) is 17.9 Å². The molecule has 1 fully saturated rings. The first-order valence-electron chi connectivity index (χ1n) is 9.94. The summed E-state index contributed by atoms with van der Waals surface area (Å²) in [6.45, 7) is 0.185.